The number of fused-ring (bicyclic) bond motifs is 4. The second-order valence-corrected chi connectivity index (χ2v) is 6.26. The van der Waals surface area contributed by atoms with E-state index in [9.17, 15) is 0 Å². The van der Waals surface area contributed by atoms with Crippen molar-refractivity contribution in [3.8, 4) is 0 Å². The molecule has 0 aliphatic heterocycles. The molecule has 0 amide bonds. The smallest absolute Gasteiger partial charge is 0.0414 e. The highest BCUT2D eigenvalue weighted by molar-refractivity contribution is 6.31. The average Bonchev–Trinajstić information content (AvgIpc) is 2.40. The Morgan fingerprint density at radius 3 is 1.50 bits per heavy atom. The number of rotatable bonds is 0. The first-order valence-corrected chi connectivity index (χ1v) is 7.56. The molecule has 2 aromatic rings. The SMILES string of the molecule is Cc1c2cc(Cl)cc1CCc1cc(Cl)cc(c1C)/C=C\2. The van der Waals surface area contributed by atoms with E-state index < -0.39 is 0 Å². The van der Waals surface area contributed by atoms with E-state index in [1.165, 1.54) is 33.4 Å². The first-order chi connectivity index (χ1) is 9.54. The maximum Gasteiger partial charge on any atom is 0.0414 e. The van der Waals surface area contributed by atoms with Gasteiger partial charge in [0, 0.05) is 10.0 Å². The zero-order valence-corrected chi connectivity index (χ0v) is 13.1. The molecule has 0 heterocycles. The van der Waals surface area contributed by atoms with Crippen LogP contribution in [0.2, 0.25) is 10.0 Å². The molecule has 2 heteroatoms. The lowest BCUT2D eigenvalue weighted by Gasteiger charge is -2.15. The van der Waals surface area contributed by atoms with Gasteiger partial charge in [-0.05, 0) is 84.3 Å². The van der Waals surface area contributed by atoms with Gasteiger partial charge in [-0.1, -0.05) is 35.4 Å². The number of aryl methyl sites for hydroxylation is 2. The molecule has 1 aliphatic rings. The van der Waals surface area contributed by atoms with Gasteiger partial charge in [0.2, 0.25) is 0 Å². The molecule has 102 valence electrons. The van der Waals surface area contributed by atoms with E-state index in [2.05, 4.69) is 38.1 Å². The zero-order chi connectivity index (χ0) is 14.3. The number of hydrogen-bond donors (Lipinski definition) is 0. The summed E-state index contributed by atoms with van der Waals surface area (Å²) in [5.41, 5.74) is 7.66. The number of halogens is 2. The summed E-state index contributed by atoms with van der Waals surface area (Å²) in [5, 5.41) is 1.62. The Bertz CT molecular complexity index is 650. The largest absolute Gasteiger partial charge is 0.0843 e. The molecule has 0 spiro atoms. The molecule has 0 radical (unpaired) electrons. The van der Waals surface area contributed by atoms with Crippen molar-refractivity contribution in [2.75, 3.05) is 0 Å². The molecule has 0 saturated carbocycles. The van der Waals surface area contributed by atoms with Gasteiger partial charge in [-0.25, -0.2) is 0 Å². The topological polar surface area (TPSA) is 0 Å². The van der Waals surface area contributed by atoms with Crippen molar-refractivity contribution in [3.63, 3.8) is 0 Å². The fraction of sp³-hybridized carbons (Fsp3) is 0.222. The van der Waals surface area contributed by atoms with E-state index in [1.54, 1.807) is 0 Å². The molecule has 3 rings (SSSR count). The summed E-state index contributed by atoms with van der Waals surface area (Å²) in [6.45, 7) is 4.34. The van der Waals surface area contributed by atoms with Crippen LogP contribution in [-0.2, 0) is 12.8 Å². The van der Waals surface area contributed by atoms with Crippen LogP contribution >= 0.6 is 23.2 Å². The van der Waals surface area contributed by atoms with Crippen molar-refractivity contribution in [1.82, 2.24) is 0 Å². The van der Waals surface area contributed by atoms with Crippen molar-refractivity contribution in [2.45, 2.75) is 26.7 Å². The molecule has 4 bridgehead atoms. The molecule has 0 aromatic heterocycles. The van der Waals surface area contributed by atoms with Crippen molar-refractivity contribution in [2.24, 2.45) is 0 Å². The zero-order valence-electron chi connectivity index (χ0n) is 11.6. The standard InChI is InChI=1S/C18H16Cl2/c1-11-13-3-5-15-9-18(20)10-16(12(15)2)6-4-14(11)8-17(19)7-13/h3,5,7-10H,4,6H2,1-2H3/b5-3-. The van der Waals surface area contributed by atoms with Crippen LogP contribution < -0.4 is 0 Å². The van der Waals surface area contributed by atoms with Crippen molar-refractivity contribution < 1.29 is 0 Å². The van der Waals surface area contributed by atoms with Crippen LogP contribution in [0.4, 0.5) is 0 Å². The van der Waals surface area contributed by atoms with E-state index in [4.69, 9.17) is 23.2 Å². The van der Waals surface area contributed by atoms with Gasteiger partial charge in [-0.3, -0.25) is 0 Å². The lowest BCUT2D eigenvalue weighted by molar-refractivity contribution is 0.937. The minimum atomic E-state index is 0.809. The van der Waals surface area contributed by atoms with Gasteiger partial charge in [0.25, 0.3) is 0 Å². The average molecular weight is 303 g/mol. The van der Waals surface area contributed by atoms with Crippen LogP contribution in [0.15, 0.2) is 24.3 Å². The number of benzene rings is 2. The lowest BCUT2D eigenvalue weighted by atomic mass is 9.91. The van der Waals surface area contributed by atoms with E-state index in [1.807, 2.05) is 12.1 Å². The third kappa shape index (κ3) is 2.51. The molecule has 1 aliphatic carbocycles. The first-order valence-electron chi connectivity index (χ1n) is 6.81. The van der Waals surface area contributed by atoms with Gasteiger partial charge in [-0.2, -0.15) is 0 Å². The van der Waals surface area contributed by atoms with Gasteiger partial charge >= 0.3 is 0 Å². The highest BCUT2D eigenvalue weighted by Crippen LogP contribution is 2.29. The Morgan fingerprint density at radius 1 is 0.700 bits per heavy atom. The van der Waals surface area contributed by atoms with E-state index in [0.29, 0.717) is 0 Å². The monoisotopic (exact) mass is 302 g/mol. The summed E-state index contributed by atoms with van der Waals surface area (Å²) in [7, 11) is 0. The molecule has 0 fully saturated rings. The normalized spacial score (nSPS) is 15.0. The van der Waals surface area contributed by atoms with Crippen LogP contribution in [0.3, 0.4) is 0 Å². The summed E-state index contributed by atoms with van der Waals surface area (Å²) in [4.78, 5) is 0. The molecule has 0 nitrogen and oxygen atoms in total. The first kappa shape index (κ1) is 13.7. The van der Waals surface area contributed by atoms with Gasteiger partial charge < -0.3 is 0 Å². The molecule has 0 N–H and O–H groups in total. The van der Waals surface area contributed by atoms with Crippen molar-refractivity contribution in [3.05, 3.63) is 67.7 Å². The van der Waals surface area contributed by atoms with Crippen LogP contribution in [0.1, 0.15) is 33.4 Å². The predicted molar refractivity (Wildman–Crippen MR) is 88.7 cm³/mol. The second-order valence-electron chi connectivity index (χ2n) is 5.39. The Balaban J connectivity index is 2.23. The molecule has 0 atom stereocenters. The second kappa shape index (κ2) is 5.27. The van der Waals surface area contributed by atoms with Gasteiger partial charge in [0.15, 0.2) is 0 Å². The van der Waals surface area contributed by atoms with Crippen LogP contribution in [0.5, 0.6) is 0 Å². The fourth-order valence-electron chi connectivity index (χ4n) is 2.83. The minimum Gasteiger partial charge on any atom is -0.0843 e. The van der Waals surface area contributed by atoms with Crippen molar-refractivity contribution in [1.29, 1.82) is 0 Å². The van der Waals surface area contributed by atoms with Crippen LogP contribution in [-0.4, -0.2) is 0 Å². The molecular formula is C18H16Cl2. The molecule has 2 aromatic carbocycles. The lowest BCUT2D eigenvalue weighted by Crippen LogP contribution is -2.01. The summed E-state index contributed by atoms with van der Waals surface area (Å²) in [6.07, 6.45) is 6.26. The Morgan fingerprint density at radius 2 is 1.10 bits per heavy atom. The fourth-order valence-corrected chi connectivity index (χ4v) is 3.33. The van der Waals surface area contributed by atoms with E-state index in [-0.39, 0.29) is 0 Å². The maximum absolute atomic E-state index is 6.23. The van der Waals surface area contributed by atoms with E-state index >= 15 is 0 Å². The summed E-state index contributed by atoms with van der Waals surface area (Å²) >= 11 is 12.5. The highest BCUT2D eigenvalue weighted by Gasteiger charge is 2.11. The summed E-state index contributed by atoms with van der Waals surface area (Å²) in [5.74, 6) is 0. The van der Waals surface area contributed by atoms with Crippen LogP contribution in [0.25, 0.3) is 12.2 Å². The Hall–Kier alpha value is -1.24. The van der Waals surface area contributed by atoms with Gasteiger partial charge in [0.05, 0.1) is 0 Å². The third-order valence-corrected chi connectivity index (χ3v) is 4.58. The van der Waals surface area contributed by atoms with Gasteiger partial charge in [0.1, 0.15) is 0 Å². The Labute approximate surface area is 130 Å². The molecule has 0 unspecified atom stereocenters. The molecule has 20 heavy (non-hydrogen) atoms. The molecule has 0 saturated heterocycles. The third-order valence-electron chi connectivity index (χ3n) is 4.15. The predicted octanol–water partition coefficient (Wildman–Crippen LogP) is 5.88. The summed E-state index contributed by atoms with van der Waals surface area (Å²) in [6, 6.07) is 8.21. The van der Waals surface area contributed by atoms with Gasteiger partial charge in [-0.15, -0.1) is 0 Å². The minimum absolute atomic E-state index is 0.809. The van der Waals surface area contributed by atoms with Crippen molar-refractivity contribution >= 4 is 35.4 Å². The summed E-state index contributed by atoms with van der Waals surface area (Å²) < 4.78 is 0. The van der Waals surface area contributed by atoms with Crippen LogP contribution in [0, 0.1) is 13.8 Å². The quantitative estimate of drug-likeness (QED) is 0.570. The molecular weight excluding hydrogens is 287 g/mol. The maximum atomic E-state index is 6.23. The van der Waals surface area contributed by atoms with E-state index in [0.717, 1.165) is 22.9 Å². The highest BCUT2D eigenvalue weighted by atomic mass is 35.5. The Kier molecular flexibility index (Phi) is 3.62. The number of hydrogen-bond acceptors (Lipinski definition) is 0.